The molecule has 4 aromatic rings. The maximum Gasteiger partial charge on any atom is 0.338 e. The van der Waals surface area contributed by atoms with Crippen LogP contribution in [-0.2, 0) is 11.3 Å². The second-order valence-electron chi connectivity index (χ2n) is 6.19. The molecule has 2 heterocycles. The fraction of sp³-hybridized carbons (Fsp3) is 0.150. The predicted octanol–water partition coefficient (Wildman–Crippen LogP) is 3.79. The van der Waals surface area contributed by atoms with E-state index < -0.39 is 5.97 Å². The van der Waals surface area contributed by atoms with E-state index in [0.29, 0.717) is 22.2 Å². The molecule has 0 radical (unpaired) electrons. The fourth-order valence-electron chi connectivity index (χ4n) is 2.60. The monoisotopic (exact) mass is 378 g/mol. The fourth-order valence-corrected chi connectivity index (χ4v) is 2.60. The van der Waals surface area contributed by atoms with E-state index >= 15 is 0 Å². The summed E-state index contributed by atoms with van der Waals surface area (Å²) in [5.41, 5.74) is 3.92. The minimum atomic E-state index is -0.538. The first kappa shape index (κ1) is 17.7. The third-order valence-corrected chi connectivity index (χ3v) is 4.21. The van der Waals surface area contributed by atoms with Crippen molar-refractivity contribution in [3.63, 3.8) is 0 Å². The lowest BCUT2D eigenvalue weighted by molar-refractivity contribution is 0.0430. The zero-order chi connectivity index (χ0) is 19.7. The maximum absolute atomic E-state index is 13.0. The summed E-state index contributed by atoms with van der Waals surface area (Å²) in [6.07, 6.45) is 0. The quantitative estimate of drug-likeness (QED) is 0.499. The first-order valence-electron chi connectivity index (χ1n) is 8.50. The van der Waals surface area contributed by atoms with E-state index in [4.69, 9.17) is 9.26 Å². The van der Waals surface area contributed by atoms with E-state index in [1.54, 1.807) is 18.2 Å². The van der Waals surface area contributed by atoms with E-state index in [1.807, 2.05) is 13.8 Å². The van der Waals surface area contributed by atoms with E-state index in [9.17, 15) is 9.18 Å². The molecule has 0 aliphatic carbocycles. The third kappa shape index (κ3) is 3.57. The van der Waals surface area contributed by atoms with Gasteiger partial charge in [-0.15, -0.1) is 0 Å². The molecule has 0 unspecified atom stereocenters. The van der Waals surface area contributed by atoms with Crippen LogP contribution < -0.4 is 0 Å². The van der Waals surface area contributed by atoms with E-state index in [1.165, 1.54) is 24.3 Å². The summed E-state index contributed by atoms with van der Waals surface area (Å²) >= 11 is 0. The molecule has 0 saturated heterocycles. The molecule has 7 nitrogen and oxygen atoms in total. The first-order chi connectivity index (χ1) is 13.5. The van der Waals surface area contributed by atoms with Crippen molar-refractivity contribution in [3.8, 4) is 11.4 Å². The molecule has 0 aliphatic heterocycles. The number of rotatable bonds is 4. The van der Waals surface area contributed by atoms with Gasteiger partial charge < -0.3 is 9.26 Å². The number of benzene rings is 2. The molecule has 0 saturated carbocycles. The maximum atomic E-state index is 13.0. The van der Waals surface area contributed by atoms with Crippen LogP contribution >= 0.6 is 0 Å². The Kier molecular flexibility index (Phi) is 4.52. The van der Waals surface area contributed by atoms with Gasteiger partial charge in [-0.3, -0.25) is 0 Å². The first-order valence-corrected chi connectivity index (χ1v) is 8.50. The van der Waals surface area contributed by atoms with Crippen LogP contribution in [0.5, 0.6) is 0 Å². The molecule has 4 rings (SSSR count). The molecule has 0 atom stereocenters. The summed E-state index contributed by atoms with van der Waals surface area (Å²) in [6, 6.07) is 10.7. The molecule has 0 N–H and O–H groups in total. The summed E-state index contributed by atoms with van der Waals surface area (Å²) in [4.78, 5) is 25.3. The summed E-state index contributed by atoms with van der Waals surface area (Å²) in [6.45, 7) is 3.57. The highest BCUT2D eigenvalue weighted by atomic mass is 19.1. The third-order valence-electron chi connectivity index (χ3n) is 4.21. The molecular weight excluding hydrogens is 363 g/mol. The summed E-state index contributed by atoms with van der Waals surface area (Å²) < 4.78 is 23.3. The average molecular weight is 378 g/mol. The van der Waals surface area contributed by atoms with Crippen LogP contribution in [0.3, 0.4) is 0 Å². The normalized spacial score (nSPS) is 11.0. The minimum Gasteiger partial charge on any atom is -0.452 e. The Bertz CT molecular complexity index is 1170. The van der Waals surface area contributed by atoms with Gasteiger partial charge in [0, 0.05) is 5.56 Å². The van der Waals surface area contributed by atoms with Gasteiger partial charge in [-0.05, 0) is 56.3 Å². The van der Waals surface area contributed by atoms with E-state index in [2.05, 4.69) is 20.1 Å². The molecule has 0 bridgehead atoms. The standard InChI is InChI=1S/C20H15FN4O3/c1-11-12(2)23-17-9-14(5-8-16(17)22-11)20(26)27-10-18-24-19(25-28-18)13-3-6-15(21)7-4-13/h3-9H,10H2,1-2H3. The van der Waals surface area contributed by atoms with Crippen molar-refractivity contribution in [3.05, 3.63) is 71.1 Å². The number of carbonyl (C=O) groups excluding carboxylic acids is 1. The molecule has 0 aliphatic rings. The Labute approximate surface area is 159 Å². The largest absolute Gasteiger partial charge is 0.452 e. The number of carbonyl (C=O) groups is 1. The van der Waals surface area contributed by atoms with Crippen molar-refractivity contribution < 1.29 is 18.4 Å². The molecule has 2 aromatic heterocycles. The Hall–Kier alpha value is -3.68. The number of hydrogen-bond acceptors (Lipinski definition) is 7. The number of hydrogen-bond donors (Lipinski definition) is 0. The highest BCUT2D eigenvalue weighted by molar-refractivity contribution is 5.93. The average Bonchev–Trinajstić information content (AvgIpc) is 3.16. The van der Waals surface area contributed by atoms with Crippen LogP contribution in [0.15, 0.2) is 47.0 Å². The van der Waals surface area contributed by atoms with Crippen LogP contribution in [0.2, 0.25) is 0 Å². The topological polar surface area (TPSA) is 91.0 Å². The van der Waals surface area contributed by atoms with Gasteiger partial charge in [0.2, 0.25) is 5.82 Å². The molecule has 0 spiro atoms. The predicted molar refractivity (Wildman–Crippen MR) is 97.8 cm³/mol. The lowest BCUT2D eigenvalue weighted by Crippen LogP contribution is -2.06. The number of ether oxygens (including phenoxy) is 1. The van der Waals surface area contributed by atoms with Crippen LogP contribution in [0.4, 0.5) is 4.39 Å². The highest BCUT2D eigenvalue weighted by Crippen LogP contribution is 2.18. The van der Waals surface area contributed by atoms with Gasteiger partial charge in [0.05, 0.1) is 28.0 Å². The number of esters is 1. The summed E-state index contributed by atoms with van der Waals surface area (Å²) in [5, 5.41) is 3.81. The van der Waals surface area contributed by atoms with Crippen molar-refractivity contribution in [2.75, 3.05) is 0 Å². The number of aromatic nitrogens is 4. The van der Waals surface area contributed by atoms with Gasteiger partial charge in [-0.25, -0.2) is 19.2 Å². The molecular formula is C20H15FN4O3. The van der Waals surface area contributed by atoms with Crippen LogP contribution in [-0.4, -0.2) is 26.1 Å². The van der Waals surface area contributed by atoms with Gasteiger partial charge >= 0.3 is 5.97 Å². The molecule has 28 heavy (non-hydrogen) atoms. The van der Waals surface area contributed by atoms with Gasteiger partial charge in [-0.2, -0.15) is 4.98 Å². The molecule has 8 heteroatoms. The van der Waals surface area contributed by atoms with Gasteiger partial charge in [-0.1, -0.05) is 5.16 Å². The molecule has 2 aromatic carbocycles. The highest BCUT2D eigenvalue weighted by Gasteiger charge is 2.14. The Morgan fingerprint density at radius 2 is 1.71 bits per heavy atom. The van der Waals surface area contributed by atoms with E-state index in [-0.39, 0.29) is 24.1 Å². The Balaban J connectivity index is 1.46. The lowest BCUT2D eigenvalue weighted by Gasteiger charge is -2.05. The number of fused-ring (bicyclic) bond motifs is 1. The van der Waals surface area contributed by atoms with Gasteiger partial charge in [0.1, 0.15) is 5.82 Å². The van der Waals surface area contributed by atoms with Gasteiger partial charge in [0.15, 0.2) is 6.61 Å². The van der Waals surface area contributed by atoms with Crippen molar-refractivity contribution in [1.29, 1.82) is 0 Å². The molecule has 0 amide bonds. The van der Waals surface area contributed by atoms with Crippen molar-refractivity contribution in [2.24, 2.45) is 0 Å². The van der Waals surface area contributed by atoms with Crippen LogP contribution in [0.25, 0.3) is 22.4 Å². The van der Waals surface area contributed by atoms with Crippen molar-refractivity contribution in [1.82, 2.24) is 20.1 Å². The minimum absolute atomic E-state index is 0.139. The lowest BCUT2D eigenvalue weighted by atomic mass is 10.2. The second kappa shape index (κ2) is 7.15. The molecule has 0 fully saturated rings. The Morgan fingerprint density at radius 3 is 2.46 bits per heavy atom. The zero-order valence-corrected chi connectivity index (χ0v) is 15.1. The van der Waals surface area contributed by atoms with Gasteiger partial charge in [0.25, 0.3) is 5.89 Å². The summed E-state index contributed by atoms with van der Waals surface area (Å²) in [5.74, 6) is -0.465. The van der Waals surface area contributed by atoms with Crippen molar-refractivity contribution in [2.45, 2.75) is 20.5 Å². The number of halogens is 1. The number of aryl methyl sites for hydroxylation is 2. The second-order valence-corrected chi connectivity index (χ2v) is 6.19. The zero-order valence-electron chi connectivity index (χ0n) is 15.1. The number of nitrogens with zero attached hydrogens (tertiary/aromatic N) is 4. The van der Waals surface area contributed by atoms with Crippen LogP contribution in [0.1, 0.15) is 27.6 Å². The van der Waals surface area contributed by atoms with Crippen LogP contribution in [0, 0.1) is 19.7 Å². The summed E-state index contributed by atoms with van der Waals surface area (Å²) in [7, 11) is 0. The molecule has 140 valence electrons. The Morgan fingerprint density at radius 1 is 1.00 bits per heavy atom. The smallest absolute Gasteiger partial charge is 0.338 e. The van der Waals surface area contributed by atoms with Crippen molar-refractivity contribution >= 4 is 17.0 Å². The van der Waals surface area contributed by atoms with E-state index in [0.717, 1.165) is 11.4 Å². The SMILES string of the molecule is Cc1nc2ccc(C(=O)OCc3nc(-c4ccc(F)cc4)no3)cc2nc1C.